The van der Waals surface area contributed by atoms with Gasteiger partial charge in [-0.05, 0) is 25.1 Å². The molecule has 1 unspecified atom stereocenters. The molecule has 0 spiro atoms. The van der Waals surface area contributed by atoms with Gasteiger partial charge in [0.2, 0.25) is 0 Å². The molecule has 94 valence electrons. The van der Waals surface area contributed by atoms with Gasteiger partial charge in [0.25, 0.3) is 5.91 Å². The number of amides is 1. The number of aliphatic hydroxyl groups is 1. The Hall–Kier alpha value is -1.53. The number of anilines is 1. The number of aromatic nitrogens is 2. The second kappa shape index (κ2) is 4.99. The molecule has 0 bridgehead atoms. The second-order valence-electron chi connectivity index (χ2n) is 4.16. The van der Waals surface area contributed by atoms with Crippen molar-refractivity contribution in [3.05, 3.63) is 30.7 Å². The van der Waals surface area contributed by atoms with E-state index in [1.165, 1.54) is 13.3 Å². The standard InChI is InChI=1S/C12H12BrN3O2/c1-12(18,6-13)11(17)16-9-2-3-10-8(4-9)5-14-7-15-10/h2-5,7,18H,6H2,1H3,(H,16,17). The molecule has 18 heavy (non-hydrogen) atoms. The molecule has 0 aliphatic heterocycles. The first kappa shape index (κ1) is 12.9. The van der Waals surface area contributed by atoms with Crippen molar-refractivity contribution in [3.8, 4) is 0 Å². The van der Waals surface area contributed by atoms with Gasteiger partial charge in [0.05, 0.1) is 5.52 Å². The zero-order chi connectivity index (χ0) is 13.2. The summed E-state index contributed by atoms with van der Waals surface area (Å²) >= 11 is 3.09. The third kappa shape index (κ3) is 2.65. The number of rotatable bonds is 3. The Kier molecular flexibility index (Phi) is 3.58. The largest absolute Gasteiger partial charge is 0.379 e. The van der Waals surface area contributed by atoms with Gasteiger partial charge in [-0.25, -0.2) is 9.97 Å². The van der Waals surface area contributed by atoms with Crippen LogP contribution in [0.1, 0.15) is 6.92 Å². The number of nitrogens with one attached hydrogen (secondary N) is 1. The molecule has 5 nitrogen and oxygen atoms in total. The van der Waals surface area contributed by atoms with Gasteiger partial charge in [-0.2, -0.15) is 0 Å². The quantitative estimate of drug-likeness (QED) is 0.846. The van der Waals surface area contributed by atoms with E-state index in [0.717, 1.165) is 10.9 Å². The summed E-state index contributed by atoms with van der Waals surface area (Å²) in [5.41, 5.74) is -0.0407. The third-order valence-corrected chi connectivity index (χ3v) is 3.60. The summed E-state index contributed by atoms with van der Waals surface area (Å²) in [5, 5.41) is 13.4. The molecular weight excluding hydrogens is 298 g/mol. The Bertz CT molecular complexity index is 586. The highest BCUT2D eigenvalue weighted by Gasteiger charge is 2.28. The third-order valence-electron chi connectivity index (χ3n) is 2.51. The summed E-state index contributed by atoms with van der Waals surface area (Å²) in [7, 11) is 0. The summed E-state index contributed by atoms with van der Waals surface area (Å²) in [4.78, 5) is 19.8. The highest BCUT2D eigenvalue weighted by Crippen LogP contribution is 2.18. The van der Waals surface area contributed by atoms with E-state index >= 15 is 0 Å². The van der Waals surface area contributed by atoms with E-state index in [-0.39, 0.29) is 5.33 Å². The summed E-state index contributed by atoms with van der Waals surface area (Å²) in [6, 6.07) is 5.28. The van der Waals surface area contributed by atoms with Crippen LogP contribution in [0.2, 0.25) is 0 Å². The molecule has 1 atom stereocenters. The van der Waals surface area contributed by atoms with Crippen LogP contribution in [-0.4, -0.2) is 31.9 Å². The predicted molar refractivity (Wildman–Crippen MR) is 72.6 cm³/mol. The number of hydrogen-bond donors (Lipinski definition) is 2. The lowest BCUT2D eigenvalue weighted by Crippen LogP contribution is -2.41. The number of alkyl halides is 1. The minimum atomic E-state index is -1.44. The highest BCUT2D eigenvalue weighted by atomic mass is 79.9. The monoisotopic (exact) mass is 309 g/mol. The van der Waals surface area contributed by atoms with E-state index in [1.54, 1.807) is 24.4 Å². The maximum atomic E-state index is 11.8. The van der Waals surface area contributed by atoms with Gasteiger partial charge in [-0.3, -0.25) is 4.79 Å². The molecule has 6 heteroatoms. The molecule has 2 rings (SSSR count). The van der Waals surface area contributed by atoms with Gasteiger partial charge in [0, 0.05) is 22.6 Å². The van der Waals surface area contributed by atoms with Crippen LogP contribution < -0.4 is 5.32 Å². The van der Waals surface area contributed by atoms with Crippen LogP contribution in [0, 0.1) is 0 Å². The van der Waals surface area contributed by atoms with Crippen LogP contribution in [0.25, 0.3) is 10.9 Å². The van der Waals surface area contributed by atoms with E-state index in [4.69, 9.17) is 0 Å². The van der Waals surface area contributed by atoms with Crippen LogP contribution in [0.5, 0.6) is 0 Å². The van der Waals surface area contributed by atoms with Crippen LogP contribution in [-0.2, 0) is 4.79 Å². The first-order chi connectivity index (χ1) is 8.53. The lowest BCUT2D eigenvalue weighted by molar-refractivity contribution is -0.130. The molecule has 0 saturated heterocycles. The molecule has 0 radical (unpaired) electrons. The van der Waals surface area contributed by atoms with E-state index in [1.807, 2.05) is 0 Å². The number of halogens is 1. The molecular formula is C12H12BrN3O2. The molecule has 0 aliphatic rings. The SMILES string of the molecule is CC(O)(CBr)C(=O)Nc1ccc2ncncc2c1. The molecule has 1 aromatic carbocycles. The lowest BCUT2D eigenvalue weighted by atomic mass is 10.1. The fraction of sp³-hybridized carbons (Fsp3) is 0.250. The number of carbonyl (C=O) groups is 1. The summed E-state index contributed by atoms with van der Waals surface area (Å²) in [5.74, 6) is -0.462. The minimum Gasteiger partial charge on any atom is -0.379 e. The number of hydrogen-bond acceptors (Lipinski definition) is 4. The first-order valence-corrected chi connectivity index (χ1v) is 6.44. The summed E-state index contributed by atoms with van der Waals surface area (Å²) < 4.78 is 0. The zero-order valence-electron chi connectivity index (χ0n) is 9.72. The minimum absolute atomic E-state index is 0.169. The molecule has 1 aromatic heterocycles. The molecule has 0 fully saturated rings. The fourth-order valence-corrected chi connectivity index (χ4v) is 1.64. The Morgan fingerprint density at radius 3 is 3.06 bits per heavy atom. The van der Waals surface area contributed by atoms with Crippen LogP contribution in [0.4, 0.5) is 5.69 Å². The normalized spacial score (nSPS) is 14.2. The Morgan fingerprint density at radius 1 is 1.56 bits per heavy atom. The van der Waals surface area contributed by atoms with Crippen molar-refractivity contribution in [2.24, 2.45) is 0 Å². The fourth-order valence-electron chi connectivity index (χ4n) is 1.39. The van der Waals surface area contributed by atoms with Gasteiger partial charge < -0.3 is 10.4 Å². The Labute approximate surface area is 112 Å². The number of carbonyl (C=O) groups excluding carboxylic acids is 1. The van der Waals surface area contributed by atoms with Crippen LogP contribution in [0.15, 0.2) is 30.7 Å². The van der Waals surface area contributed by atoms with Crippen molar-refractivity contribution in [2.75, 3.05) is 10.6 Å². The first-order valence-electron chi connectivity index (χ1n) is 5.32. The second-order valence-corrected chi connectivity index (χ2v) is 4.72. The van der Waals surface area contributed by atoms with E-state index in [0.29, 0.717) is 5.69 Å². The Balaban J connectivity index is 2.25. The highest BCUT2D eigenvalue weighted by molar-refractivity contribution is 9.09. The molecule has 0 aliphatic carbocycles. The number of benzene rings is 1. The van der Waals surface area contributed by atoms with Crippen molar-refractivity contribution in [1.29, 1.82) is 0 Å². The van der Waals surface area contributed by atoms with E-state index in [2.05, 4.69) is 31.2 Å². The topological polar surface area (TPSA) is 75.1 Å². The van der Waals surface area contributed by atoms with Gasteiger partial charge >= 0.3 is 0 Å². The summed E-state index contributed by atoms with van der Waals surface area (Å²) in [6.45, 7) is 1.45. The van der Waals surface area contributed by atoms with Gasteiger partial charge in [0.15, 0.2) is 0 Å². The van der Waals surface area contributed by atoms with Gasteiger partial charge in [-0.15, -0.1) is 0 Å². The molecule has 0 saturated carbocycles. The molecule has 1 heterocycles. The Morgan fingerprint density at radius 2 is 2.33 bits per heavy atom. The average molecular weight is 310 g/mol. The number of nitrogens with zero attached hydrogens (tertiary/aromatic N) is 2. The average Bonchev–Trinajstić information content (AvgIpc) is 2.38. The maximum Gasteiger partial charge on any atom is 0.256 e. The molecule has 2 N–H and O–H groups in total. The number of fused-ring (bicyclic) bond motifs is 1. The molecule has 1 amide bonds. The van der Waals surface area contributed by atoms with E-state index in [9.17, 15) is 9.90 Å². The summed E-state index contributed by atoms with van der Waals surface area (Å²) in [6.07, 6.45) is 3.14. The van der Waals surface area contributed by atoms with Crippen LogP contribution >= 0.6 is 15.9 Å². The van der Waals surface area contributed by atoms with Crippen molar-refractivity contribution in [1.82, 2.24) is 9.97 Å². The van der Waals surface area contributed by atoms with Crippen molar-refractivity contribution in [3.63, 3.8) is 0 Å². The van der Waals surface area contributed by atoms with Gasteiger partial charge in [-0.1, -0.05) is 15.9 Å². The van der Waals surface area contributed by atoms with Crippen LogP contribution in [0.3, 0.4) is 0 Å². The van der Waals surface area contributed by atoms with Crippen molar-refractivity contribution < 1.29 is 9.90 Å². The smallest absolute Gasteiger partial charge is 0.256 e. The van der Waals surface area contributed by atoms with Gasteiger partial charge in [0.1, 0.15) is 11.9 Å². The zero-order valence-corrected chi connectivity index (χ0v) is 11.3. The predicted octanol–water partition coefficient (Wildman–Crippen LogP) is 1.71. The van der Waals surface area contributed by atoms with Crippen molar-refractivity contribution >= 4 is 38.4 Å². The van der Waals surface area contributed by atoms with E-state index < -0.39 is 11.5 Å². The van der Waals surface area contributed by atoms with Crippen molar-refractivity contribution in [2.45, 2.75) is 12.5 Å². The lowest BCUT2D eigenvalue weighted by Gasteiger charge is -2.19. The maximum absolute atomic E-state index is 11.8. The molecule has 2 aromatic rings.